The van der Waals surface area contributed by atoms with E-state index in [1.165, 1.54) is 11.8 Å². The Balaban J connectivity index is 1.40. The van der Waals surface area contributed by atoms with E-state index >= 15 is 0 Å². The van der Waals surface area contributed by atoms with Crippen LogP contribution in [-0.4, -0.2) is 38.9 Å². The number of benzene rings is 1. The fraction of sp³-hybridized carbons (Fsp3) is 0.273. The van der Waals surface area contributed by atoms with Gasteiger partial charge in [0.1, 0.15) is 5.03 Å². The summed E-state index contributed by atoms with van der Waals surface area (Å²) in [6, 6.07) is 15.5. The molecule has 2 amide bonds. The van der Waals surface area contributed by atoms with E-state index in [0.29, 0.717) is 31.7 Å². The van der Waals surface area contributed by atoms with Gasteiger partial charge < -0.3 is 10.2 Å². The van der Waals surface area contributed by atoms with E-state index in [0.717, 1.165) is 27.8 Å². The molecule has 30 heavy (non-hydrogen) atoms. The van der Waals surface area contributed by atoms with Crippen molar-refractivity contribution in [2.45, 2.75) is 31.3 Å². The highest BCUT2D eigenvalue weighted by atomic mass is 32.2. The molecule has 0 aliphatic carbocycles. The van der Waals surface area contributed by atoms with Gasteiger partial charge in [-0.2, -0.15) is 5.10 Å². The van der Waals surface area contributed by atoms with Gasteiger partial charge in [-0.25, -0.2) is 4.68 Å². The van der Waals surface area contributed by atoms with E-state index in [9.17, 15) is 9.59 Å². The molecule has 3 aromatic rings. The zero-order valence-corrected chi connectivity index (χ0v) is 17.6. The first-order chi connectivity index (χ1) is 14.6. The number of pyridine rings is 1. The number of hydrogen-bond donors (Lipinski definition) is 1. The quantitative estimate of drug-likeness (QED) is 0.634. The molecule has 2 aromatic heterocycles. The number of nitrogens with one attached hydrogen (secondary N) is 1. The molecule has 1 aliphatic rings. The van der Waals surface area contributed by atoms with Crippen LogP contribution in [0.1, 0.15) is 24.2 Å². The normalized spacial score (nSPS) is 13.2. The predicted octanol–water partition coefficient (Wildman–Crippen LogP) is 3.11. The Morgan fingerprint density at radius 2 is 1.97 bits per heavy atom. The third-order valence-electron chi connectivity index (χ3n) is 4.87. The van der Waals surface area contributed by atoms with Gasteiger partial charge in [0.2, 0.25) is 11.8 Å². The second-order valence-electron chi connectivity index (χ2n) is 7.02. The first kappa shape index (κ1) is 20.2. The van der Waals surface area contributed by atoms with E-state index in [1.54, 1.807) is 11.1 Å². The second kappa shape index (κ2) is 9.13. The van der Waals surface area contributed by atoms with Crippen LogP contribution in [-0.2, 0) is 16.1 Å². The smallest absolute Gasteiger partial charge is 0.237 e. The number of para-hydroxylation sites is 1. The molecule has 0 saturated carbocycles. The Kier molecular flexibility index (Phi) is 6.13. The van der Waals surface area contributed by atoms with Crippen molar-refractivity contribution in [2.75, 3.05) is 17.2 Å². The summed E-state index contributed by atoms with van der Waals surface area (Å²) in [5, 5.41) is 8.52. The van der Waals surface area contributed by atoms with Crippen molar-refractivity contribution in [1.82, 2.24) is 20.1 Å². The molecule has 0 unspecified atom stereocenters. The number of fused-ring (bicyclic) bond motifs is 1. The number of amides is 2. The van der Waals surface area contributed by atoms with Gasteiger partial charge in [-0.3, -0.25) is 14.6 Å². The lowest BCUT2D eigenvalue weighted by Crippen LogP contribution is -2.37. The van der Waals surface area contributed by atoms with Crippen LogP contribution in [0.5, 0.6) is 0 Å². The van der Waals surface area contributed by atoms with Crippen molar-refractivity contribution in [3.05, 3.63) is 66.1 Å². The van der Waals surface area contributed by atoms with Gasteiger partial charge >= 0.3 is 0 Å². The largest absolute Gasteiger partial charge is 0.350 e. The van der Waals surface area contributed by atoms with E-state index in [1.807, 2.05) is 60.1 Å². The summed E-state index contributed by atoms with van der Waals surface area (Å²) < 4.78 is 1.90. The first-order valence-corrected chi connectivity index (χ1v) is 10.9. The van der Waals surface area contributed by atoms with Crippen LogP contribution in [0.25, 0.3) is 5.69 Å². The highest BCUT2D eigenvalue weighted by molar-refractivity contribution is 8.00. The minimum atomic E-state index is -0.0450. The zero-order chi connectivity index (χ0) is 20.9. The Morgan fingerprint density at radius 1 is 1.17 bits per heavy atom. The summed E-state index contributed by atoms with van der Waals surface area (Å²) in [6.07, 6.45) is 2.64. The van der Waals surface area contributed by atoms with E-state index in [2.05, 4.69) is 15.4 Å². The average Bonchev–Trinajstić information content (AvgIpc) is 3.12. The van der Waals surface area contributed by atoms with E-state index in [-0.39, 0.29) is 11.8 Å². The number of rotatable bonds is 7. The number of hydrogen-bond acceptors (Lipinski definition) is 5. The molecule has 4 rings (SSSR count). The van der Waals surface area contributed by atoms with Gasteiger partial charge in [0.15, 0.2) is 0 Å². The van der Waals surface area contributed by atoms with Gasteiger partial charge in [0, 0.05) is 19.2 Å². The second-order valence-corrected chi connectivity index (χ2v) is 7.99. The SMILES string of the molecule is Cc1nn(-c2ccccc2)c2c1N(CCCC(=O)NCc1ccccn1)C(=O)CS2. The lowest BCUT2D eigenvalue weighted by Gasteiger charge is -2.27. The molecule has 3 heterocycles. The van der Waals surface area contributed by atoms with Gasteiger partial charge in [0.05, 0.1) is 35.1 Å². The molecule has 8 heteroatoms. The summed E-state index contributed by atoms with van der Waals surface area (Å²) in [5.74, 6) is 0.380. The number of thioether (sulfide) groups is 1. The Morgan fingerprint density at radius 3 is 2.73 bits per heavy atom. The Hall–Kier alpha value is -3.13. The number of aromatic nitrogens is 3. The summed E-state index contributed by atoms with van der Waals surface area (Å²) in [4.78, 5) is 30.8. The van der Waals surface area contributed by atoms with Crippen molar-refractivity contribution in [1.29, 1.82) is 0 Å². The number of anilines is 1. The molecule has 0 fully saturated rings. The summed E-state index contributed by atoms with van der Waals surface area (Å²) in [5.41, 5.74) is 3.46. The van der Waals surface area contributed by atoms with Crippen LogP contribution >= 0.6 is 11.8 Å². The van der Waals surface area contributed by atoms with Gasteiger partial charge in [0.25, 0.3) is 0 Å². The fourth-order valence-electron chi connectivity index (χ4n) is 3.43. The first-order valence-electron chi connectivity index (χ1n) is 9.88. The Bertz CT molecular complexity index is 1040. The fourth-order valence-corrected chi connectivity index (χ4v) is 4.51. The van der Waals surface area contributed by atoms with Gasteiger partial charge in [-0.1, -0.05) is 36.0 Å². The molecule has 7 nitrogen and oxygen atoms in total. The van der Waals surface area contributed by atoms with Crippen LogP contribution in [0.15, 0.2) is 59.8 Å². The maximum absolute atomic E-state index is 12.6. The molecule has 0 spiro atoms. The van der Waals surface area contributed by atoms with Crippen molar-refractivity contribution in [3.63, 3.8) is 0 Å². The summed E-state index contributed by atoms with van der Waals surface area (Å²) in [6.45, 7) is 2.82. The van der Waals surface area contributed by atoms with Crippen molar-refractivity contribution in [2.24, 2.45) is 0 Å². The molecule has 0 radical (unpaired) electrons. The average molecular weight is 422 g/mol. The summed E-state index contributed by atoms with van der Waals surface area (Å²) >= 11 is 1.51. The topological polar surface area (TPSA) is 80.1 Å². The zero-order valence-electron chi connectivity index (χ0n) is 16.7. The molecule has 0 saturated heterocycles. The molecule has 154 valence electrons. The Labute approximate surface area is 179 Å². The number of carbonyl (C=O) groups is 2. The van der Waals surface area contributed by atoms with Crippen LogP contribution in [0.2, 0.25) is 0 Å². The maximum atomic E-state index is 12.6. The third-order valence-corrected chi connectivity index (χ3v) is 5.90. The lowest BCUT2D eigenvalue weighted by atomic mass is 10.2. The highest BCUT2D eigenvalue weighted by Gasteiger charge is 2.31. The van der Waals surface area contributed by atoms with Crippen LogP contribution < -0.4 is 10.2 Å². The number of carbonyl (C=O) groups excluding carboxylic acids is 2. The van der Waals surface area contributed by atoms with Crippen molar-refractivity contribution < 1.29 is 9.59 Å². The van der Waals surface area contributed by atoms with Crippen LogP contribution in [0.3, 0.4) is 0 Å². The standard InChI is InChI=1S/C22H23N5O2S/c1-16-21-22(27(25-16)18-9-3-2-4-10-18)30-15-20(29)26(21)13-7-11-19(28)24-14-17-8-5-6-12-23-17/h2-6,8-10,12H,7,11,13-15H2,1H3,(H,24,28). The molecular formula is C22H23N5O2S. The molecule has 0 atom stereocenters. The van der Waals surface area contributed by atoms with Crippen LogP contribution in [0.4, 0.5) is 5.69 Å². The minimum Gasteiger partial charge on any atom is -0.350 e. The van der Waals surface area contributed by atoms with Crippen molar-refractivity contribution >= 4 is 29.3 Å². The predicted molar refractivity (Wildman–Crippen MR) is 117 cm³/mol. The molecule has 1 N–H and O–H groups in total. The van der Waals surface area contributed by atoms with E-state index in [4.69, 9.17) is 0 Å². The molecule has 1 aliphatic heterocycles. The summed E-state index contributed by atoms with van der Waals surface area (Å²) in [7, 11) is 0. The maximum Gasteiger partial charge on any atom is 0.237 e. The molecule has 0 bridgehead atoms. The van der Waals surface area contributed by atoms with Crippen molar-refractivity contribution in [3.8, 4) is 5.69 Å². The lowest BCUT2D eigenvalue weighted by molar-refractivity contribution is -0.121. The number of nitrogens with zero attached hydrogens (tertiary/aromatic N) is 4. The number of aryl methyl sites for hydroxylation is 1. The minimum absolute atomic E-state index is 0.0450. The van der Waals surface area contributed by atoms with Crippen LogP contribution in [0, 0.1) is 6.92 Å². The monoisotopic (exact) mass is 421 g/mol. The van der Waals surface area contributed by atoms with E-state index < -0.39 is 0 Å². The third kappa shape index (κ3) is 4.38. The van der Waals surface area contributed by atoms with Gasteiger partial charge in [-0.05, 0) is 37.6 Å². The molecular weight excluding hydrogens is 398 g/mol. The van der Waals surface area contributed by atoms with Gasteiger partial charge in [-0.15, -0.1) is 0 Å². The molecule has 1 aromatic carbocycles. The highest BCUT2D eigenvalue weighted by Crippen LogP contribution is 2.39.